The van der Waals surface area contributed by atoms with E-state index in [0.717, 1.165) is 34.9 Å². The normalized spacial score (nSPS) is 11.7. The number of rotatable bonds is 4. The van der Waals surface area contributed by atoms with Gasteiger partial charge in [0.2, 0.25) is 0 Å². The molecule has 6 rings (SSSR count). The predicted octanol–water partition coefficient (Wildman–Crippen LogP) is 6.51. The smallest absolute Gasteiger partial charge is 0.270 e. The molecule has 0 fully saturated rings. The molecule has 0 N–H and O–H groups in total. The second-order valence-corrected chi connectivity index (χ2v) is 7.81. The van der Waals surface area contributed by atoms with Gasteiger partial charge in [0, 0.05) is 68.8 Å². The lowest BCUT2D eigenvalue weighted by Gasteiger charge is -2.11. The molecule has 31 heavy (non-hydrogen) atoms. The second kappa shape index (κ2) is 6.71. The molecular weight excluding hydrogens is 386 g/mol. The molecule has 5 nitrogen and oxygen atoms in total. The van der Waals surface area contributed by atoms with Gasteiger partial charge in [-0.3, -0.25) is 10.1 Å². The van der Waals surface area contributed by atoms with Crippen molar-refractivity contribution in [1.82, 2.24) is 9.13 Å². The van der Waals surface area contributed by atoms with Gasteiger partial charge in [-0.2, -0.15) is 0 Å². The number of para-hydroxylation sites is 3. The summed E-state index contributed by atoms with van der Waals surface area (Å²) in [5.41, 5.74) is 4.68. The van der Waals surface area contributed by atoms with Crippen molar-refractivity contribution in [2.45, 2.75) is 13.1 Å². The monoisotopic (exact) mass is 405 g/mol. The zero-order chi connectivity index (χ0) is 20.9. The summed E-state index contributed by atoms with van der Waals surface area (Å²) >= 11 is 0. The van der Waals surface area contributed by atoms with Crippen LogP contribution in [-0.4, -0.2) is 14.1 Å². The maximum Gasteiger partial charge on any atom is 0.270 e. The van der Waals surface area contributed by atoms with Crippen LogP contribution in [0.1, 0.15) is 0 Å². The minimum absolute atomic E-state index is 0.123. The molecule has 0 bridgehead atoms. The van der Waals surface area contributed by atoms with E-state index in [0.29, 0.717) is 0 Å². The van der Waals surface area contributed by atoms with Crippen LogP contribution in [0.3, 0.4) is 0 Å². The van der Waals surface area contributed by atoms with Crippen molar-refractivity contribution in [3.05, 3.63) is 101 Å². The summed E-state index contributed by atoms with van der Waals surface area (Å²) in [4.78, 5) is 11.0. The zero-order valence-electron chi connectivity index (χ0n) is 16.7. The molecule has 0 radical (unpaired) electrons. The maximum atomic E-state index is 11.3. The molecule has 0 aliphatic rings. The van der Waals surface area contributed by atoms with E-state index in [1.807, 2.05) is 24.3 Å². The molecule has 5 heteroatoms. The first-order valence-corrected chi connectivity index (χ1v) is 10.3. The first-order valence-electron chi connectivity index (χ1n) is 10.3. The van der Waals surface area contributed by atoms with Crippen LogP contribution in [0.25, 0.3) is 43.6 Å². The van der Waals surface area contributed by atoms with Gasteiger partial charge in [-0.25, -0.2) is 0 Å². The fraction of sp³-hybridized carbons (Fsp3) is 0.0769. The molecule has 0 spiro atoms. The van der Waals surface area contributed by atoms with Crippen molar-refractivity contribution >= 4 is 49.3 Å². The van der Waals surface area contributed by atoms with Crippen LogP contribution in [0.4, 0.5) is 5.69 Å². The topological polar surface area (TPSA) is 53.0 Å². The maximum absolute atomic E-state index is 11.3. The lowest BCUT2D eigenvalue weighted by atomic mass is 10.1. The van der Waals surface area contributed by atoms with Crippen molar-refractivity contribution in [1.29, 1.82) is 0 Å². The molecule has 0 atom stereocenters. The van der Waals surface area contributed by atoms with Crippen LogP contribution in [0.2, 0.25) is 0 Å². The van der Waals surface area contributed by atoms with Gasteiger partial charge < -0.3 is 9.13 Å². The Bertz CT molecular complexity index is 1570. The van der Waals surface area contributed by atoms with E-state index < -0.39 is 0 Å². The van der Waals surface area contributed by atoms with Gasteiger partial charge in [0.25, 0.3) is 5.69 Å². The highest BCUT2D eigenvalue weighted by Crippen LogP contribution is 2.33. The Labute approximate surface area is 177 Å². The fourth-order valence-corrected chi connectivity index (χ4v) is 4.84. The molecule has 0 unspecified atom stereocenters. The molecule has 6 aromatic rings. The van der Waals surface area contributed by atoms with E-state index in [1.54, 1.807) is 12.1 Å². The van der Waals surface area contributed by atoms with Gasteiger partial charge in [0.1, 0.15) is 0 Å². The third-order valence-corrected chi connectivity index (χ3v) is 6.19. The number of nitro benzene ring substituents is 1. The highest BCUT2D eigenvalue weighted by molar-refractivity contribution is 6.09. The fourth-order valence-electron chi connectivity index (χ4n) is 4.84. The Morgan fingerprint density at radius 3 is 1.48 bits per heavy atom. The van der Waals surface area contributed by atoms with E-state index >= 15 is 0 Å². The summed E-state index contributed by atoms with van der Waals surface area (Å²) in [5, 5.41) is 15.8. The van der Waals surface area contributed by atoms with Crippen molar-refractivity contribution in [3.63, 3.8) is 0 Å². The number of fused-ring (bicyclic) bond motifs is 6. The van der Waals surface area contributed by atoms with Crippen LogP contribution < -0.4 is 0 Å². The molecule has 0 aliphatic heterocycles. The Morgan fingerprint density at radius 1 is 0.581 bits per heavy atom. The highest BCUT2D eigenvalue weighted by atomic mass is 16.6. The van der Waals surface area contributed by atoms with Crippen LogP contribution in [0.15, 0.2) is 91.0 Å². The minimum Gasteiger partial charge on any atom is -0.339 e. The standard InChI is InChI=1S/C26H19N3O2/c30-29(31)18-13-14-26-22(17-18)21-9-3-6-12-25(21)28(26)16-15-27-23-10-4-1-7-19(23)20-8-2-5-11-24(20)27/h1-14,17H,15-16H2. The number of non-ortho nitro benzene ring substituents is 1. The minimum atomic E-state index is -0.330. The molecule has 4 aromatic carbocycles. The Morgan fingerprint density at radius 2 is 1.00 bits per heavy atom. The molecule has 2 aromatic heterocycles. The van der Waals surface area contributed by atoms with Gasteiger partial charge in [0.15, 0.2) is 0 Å². The van der Waals surface area contributed by atoms with Gasteiger partial charge in [-0.1, -0.05) is 54.6 Å². The van der Waals surface area contributed by atoms with E-state index in [-0.39, 0.29) is 10.6 Å². The van der Waals surface area contributed by atoms with Gasteiger partial charge in [-0.15, -0.1) is 0 Å². The molecule has 2 heterocycles. The number of hydrogen-bond donors (Lipinski definition) is 0. The summed E-state index contributed by atoms with van der Waals surface area (Å²) in [6, 6.07) is 30.3. The molecule has 0 aliphatic carbocycles. The summed E-state index contributed by atoms with van der Waals surface area (Å²) in [6.45, 7) is 1.57. The Kier molecular flexibility index (Phi) is 3.83. The summed E-state index contributed by atoms with van der Waals surface area (Å²) in [7, 11) is 0. The summed E-state index contributed by atoms with van der Waals surface area (Å²) in [6.07, 6.45) is 0. The first-order chi connectivity index (χ1) is 15.2. The van der Waals surface area contributed by atoms with Crippen molar-refractivity contribution in [3.8, 4) is 0 Å². The van der Waals surface area contributed by atoms with Gasteiger partial charge in [-0.05, 0) is 24.3 Å². The molecule has 0 saturated heterocycles. The Hall–Kier alpha value is -4.12. The molecule has 0 amide bonds. The van der Waals surface area contributed by atoms with Gasteiger partial charge in [0.05, 0.1) is 4.92 Å². The summed E-state index contributed by atoms with van der Waals surface area (Å²) < 4.78 is 4.65. The van der Waals surface area contributed by atoms with Gasteiger partial charge >= 0.3 is 0 Å². The lowest BCUT2D eigenvalue weighted by Crippen LogP contribution is -2.07. The quantitative estimate of drug-likeness (QED) is 0.248. The van der Waals surface area contributed by atoms with Crippen molar-refractivity contribution in [2.75, 3.05) is 0 Å². The van der Waals surface area contributed by atoms with Crippen LogP contribution in [0.5, 0.6) is 0 Å². The average molecular weight is 405 g/mol. The molecular formula is C26H19N3O2. The van der Waals surface area contributed by atoms with Crippen LogP contribution >= 0.6 is 0 Å². The number of hydrogen-bond acceptors (Lipinski definition) is 2. The largest absolute Gasteiger partial charge is 0.339 e. The SMILES string of the molecule is O=[N+]([O-])c1ccc2c(c1)c1ccccc1n2CCn1c2ccccc2c2ccccc21. The van der Waals surface area contributed by atoms with Crippen LogP contribution in [0, 0.1) is 10.1 Å². The first kappa shape index (κ1) is 17.7. The van der Waals surface area contributed by atoms with E-state index in [4.69, 9.17) is 0 Å². The summed E-state index contributed by atoms with van der Waals surface area (Å²) in [5.74, 6) is 0. The Balaban J connectivity index is 1.52. The third kappa shape index (κ3) is 2.63. The predicted molar refractivity (Wildman–Crippen MR) is 126 cm³/mol. The van der Waals surface area contributed by atoms with E-state index in [1.165, 1.54) is 21.8 Å². The molecule has 150 valence electrons. The second-order valence-electron chi connectivity index (χ2n) is 7.81. The molecule has 0 saturated carbocycles. The van der Waals surface area contributed by atoms with Crippen molar-refractivity contribution in [2.24, 2.45) is 0 Å². The number of aromatic nitrogens is 2. The van der Waals surface area contributed by atoms with E-state index in [9.17, 15) is 10.1 Å². The third-order valence-electron chi connectivity index (χ3n) is 6.19. The average Bonchev–Trinajstić information content (AvgIpc) is 3.30. The highest BCUT2D eigenvalue weighted by Gasteiger charge is 2.15. The lowest BCUT2D eigenvalue weighted by molar-refractivity contribution is -0.384. The number of nitrogens with zero attached hydrogens (tertiary/aromatic N) is 3. The number of aryl methyl sites for hydroxylation is 2. The van der Waals surface area contributed by atoms with Crippen molar-refractivity contribution < 1.29 is 4.92 Å². The zero-order valence-corrected chi connectivity index (χ0v) is 16.7. The number of nitro groups is 1. The number of benzene rings is 4. The van der Waals surface area contributed by atoms with E-state index in [2.05, 4.69) is 63.7 Å². The van der Waals surface area contributed by atoms with Crippen LogP contribution in [-0.2, 0) is 13.1 Å².